The summed E-state index contributed by atoms with van der Waals surface area (Å²) in [7, 11) is 0. The molecule has 3 heteroatoms. The van der Waals surface area contributed by atoms with E-state index in [1.54, 1.807) is 13.0 Å². The molecule has 0 aromatic carbocycles. The van der Waals surface area contributed by atoms with Crippen molar-refractivity contribution in [2.75, 3.05) is 0 Å². The van der Waals surface area contributed by atoms with Crippen LogP contribution in [0.15, 0.2) is 36.0 Å². The van der Waals surface area contributed by atoms with E-state index in [0.29, 0.717) is 12.3 Å². The Bertz CT molecular complexity index is 520. The molecular weight excluding hydrogens is 313 g/mol. The molecule has 0 aromatic rings. The van der Waals surface area contributed by atoms with Crippen molar-refractivity contribution in [3.05, 3.63) is 36.0 Å². The Hall–Kier alpha value is -1.38. The maximum absolute atomic E-state index is 15.6. The van der Waals surface area contributed by atoms with E-state index in [1.807, 2.05) is 19.9 Å². The first-order valence-electron chi connectivity index (χ1n) is 9.67. The maximum atomic E-state index is 15.6. The van der Waals surface area contributed by atoms with Gasteiger partial charge in [-0.15, -0.1) is 0 Å². The number of carbonyl (C=O) groups is 1. The van der Waals surface area contributed by atoms with Gasteiger partial charge in [-0.1, -0.05) is 56.7 Å². The van der Waals surface area contributed by atoms with Crippen molar-refractivity contribution in [3.63, 3.8) is 0 Å². The van der Waals surface area contributed by atoms with Gasteiger partial charge in [0.05, 0.1) is 0 Å². The molecule has 1 rings (SSSR count). The number of halogens is 1. The zero-order chi connectivity index (χ0) is 19.0. The maximum Gasteiger partial charge on any atom is 0.217 e. The Morgan fingerprint density at radius 2 is 2.20 bits per heavy atom. The molecule has 3 unspecified atom stereocenters. The molecule has 1 aliphatic rings. The van der Waals surface area contributed by atoms with Gasteiger partial charge in [0.25, 0.3) is 0 Å². The van der Waals surface area contributed by atoms with Gasteiger partial charge in [-0.25, -0.2) is 4.39 Å². The van der Waals surface area contributed by atoms with Crippen LogP contribution in [0.3, 0.4) is 0 Å². The molecule has 142 valence electrons. The van der Waals surface area contributed by atoms with Gasteiger partial charge in [0.15, 0.2) is 0 Å². The summed E-state index contributed by atoms with van der Waals surface area (Å²) in [6.07, 6.45) is 10.4. The summed E-state index contributed by atoms with van der Waals surface area (Å²) in [6, 6.07) is 0.177. The second kappa shape index (κ2) is 9.94. The second-order valence-corrected chi connectivity index (χ2v) is 7.73. The fourth-order valence-corrected chi connectivity index (χ4v) is 3.65. The summed E-state index contributed by atoms with van der Waals surface area (Å²) in [5.41, 5.74) is 1.19. The van der Waals surface area contributed by atoms with Crippen molar-refractivity contribution >= 4 is 5.91 Å². The molecule has 2 nitrogen and oxygen atoms in total. The van der Waals surface area contributed by atoms with Gasteiger partial charge in [-0.3, -0.25) is 4.79 Å². The normalized spacial score (nSPS) is 21.2. The smallest absolute Gasteiger partial charge is 0.217 e. The van der Waals surface area contributed by atoms with E-state index in [9.17, 15) is 4.79 Å². The summed E-state index contributed by atoms with van der Waals surface area (Å²) >= 11 is 0. The molecule has 1 amide bonds. The topological polar surface area (TPSA) is 29.1 Å². The van der Waals surface area contributed by atoms with E-state index >= 15 is 4.39 Å². The zero-order valence-corrected chi connectivity index (χ0v) is 16.7. The van der Waals surface area contributed by atoms with Crippen LogP contribution in [0.2, 0.25) is 0 Å². The number of amides is 1. The third-order valence-electron chi connectivity index (χ3n) is 5.41. The Labute approximate surface area is 153 Å². The number of hydrogen-bond donors (Lipinski definition) is 1. The first kappa shape index (κ1) is 21.7. The molecule has 1 aliphatic carbocycles. The molecule has 3 atom stereocenters. The number of nitrogens with one attached hydrogen (secondary N) is 1. The van der Waals surface area contributed by atoms with Crippen molar-refractivity contribution in [1.29, 1.82) is 0 Å². The van der Waals surface area contributed by atoms with Crippen LogP contribution in [0, 0.1) is 11.8 Å². The van der Waals surface area contributed by atoms with E-state index in [4.69, 9.17) is 0 Å². The lowest BCUT2D eigenvalue weighted by Gasteiger charge is -2.32. The Kier molecular flexibility index (Phi) is 8.61. The van der Waals surface area contributed by atoms with Crippen LogP contribution < -0.4 is 5.32 Å². The van der Waals surface area contributed by atoms with Crippen LogP contribution in [0.1, 0.15) is 73.1 Å². The lowest BCUT2D eigenvalue weighted by Crippen LogP contribution is -2.32. The SMILES string of the molecule is C=C(CCC(CC1=CCC(NC(C)=O)C1)C(F)(/C=C/C)CC)C(C)C. The molecule has 0 heterocycles. The molecule has 0 spiro atoms. The van der Waals surface area contributed by atoms with Crippen LogP contribution in [-0.4, -0.2) is 17.6 Å². The van der Waals surface area contributed by atoms with Gasteiger partial charge in [0.1, 0.15) is 5.67 Å². The van der Waals surface area contributed by atoms with Crippen molar-refractivity contribution in [2.24, 2.45) is 11.8 Å². The minimum atomic E-state index is -1.28. The lowest BCUT2D eigenvalue weighted by molar-refractivity contribution is -0.119. The standard InChI is InChI=1S/C22H36FNO/c1-7-13-22(23,8-2)20(11-9-17(5)16(3)4)14-19-10-12-21(15-19)24-18(6)25/h7,10,13,16,20-21H,5,8-9,11-12,14-15H2,1-4,6H3,(H,24,25)/b13-7+. The van der Waals surface area contributed by atoms with Gasteiger partial charge in [-0.2, -0.15) is 0 Å². The number of alkyl halides is 1. The third-order valence-corrected chi connectivity index (χ3v) is 5.41. The average Bonchev–Trinajstić information content (AvgIpc) is 2.97. The molecular formula is C22H36FNO. The predicted octanol–water partition coefficient (Wildman–Crippen LogP) is 5.90. The summed E-state index contributed by atoms with van der Waals surface area (Å²) < 4.78 is 15.6. The zero-order valence-electron chi connectivity index (χ0n) is 16.7. The fourth-order valence-electron chi connectivity index (χ4n) is 3.65. The fraction of sp³-hybridized carbons (Fsp3) is 0.682. The van der Waals surface area contributed by atoms with Crippen LogP contribution in [0.25, 0.3) is 0 Å². The van der Waals surface area contributed by atoms with E-state index in [1.165, 1.54) is 11.1 Å². The molecule has 0 saturated heterocycles. The summed E-state index contributed by atoms with van der Waals surface area (Å²) in [5, 5.41) is 2.98. The van der Waals surface area contributed by atoms with Crippen molar-refractivity contribution in [1.82, 2.24) is 5.32 Å². The van der Waals surface area contributed by atoms with E-state index < -0.39 is 5.67 Å². The van der Waals surface area contributed by atoms with Crippen LogP contribution >= 0.6 is 0 Å². The van der Waals surface area contributed by atoms with Gasteiger partial charge in [0.2, 0.25) is 5.91 Å². The van der Waals surface area contributed by atoms with Crippen molar-refractivity contribution < 1.29 is 9.18 Å². The van der Waals surface area contributed by atoms with Gasteiger partial charge in [-0.05, 0) is 51.4 Å². The molecule has 0 fully saturated rings. The molecule has 0 aromatic heterocycles. The minimum Gasteiger partial charge on any atom is -0.353 e. The van der Waals surface area contributed by atoms with Gasteiger partial charge >= 0.3 is 0 Å². The molecule has 0 aliphatic heterocycles. The molecule has 1 N–H and O–H groups in total. The average molecular weight is 350 g/mol. The number of carbonyl (C=O) groups excluding carboxylic acids is 1. The number of rotatable bonds is 10. The Morgan fingerprint density at radius 1 is 1.52 bits per heavy atom. The Balaban J connectivity index is 2.81. The molecule has 25 heavy (non-hydrogen) atoms. The van der Waals surface area contributed by atoms with E-state index in [2.05, 4.69) is 31.8 Å². The number of hydrogen-bond acceptors (Lipinski definition) is 1. The lowest BCUT2D eigenvalue weighted by atomic mass is 9.77. The Morgan fingerprint density at radius 3 is 2.72 bits per heavy atom. The highest BCUT2D eigenvalue weighted by Gasteiger charge is 2.36. The van der Waals surface area contributed by atoms with Crippen molar-refractivity contribution in [3.8, 4) is 0 Å². The van der Waals surface area contributed by atoms with Crippen molar-refractivity contribution in [2.45, 2.75) is 84.9 Å². The monoisotopic (exact) mass is 349 g/mol. The minimum absolute atomic E-state index is 0.00625. The van der Waals surface area contributed by atoms with E-state index in [-0.39, 0.29) is 17.9 Å². The first-order chi connectivity index (χ1) is 11.7. The third kappa shape index (κ3) is 6.80. The predicted molar refractivity (Wildman–Crippen MR) is 105 cm³/mol. The quantitative estimate of drug-likeness (QED) is 0.488. The summed E-state index contributed by atoms with van der Waals surface area (Å²) in [6.45, 7) is 13.8. The van der Waals surface area contributed by atoms with Gasteiger partial charge in [0, 0.05) is 18.9 Å². The molecule has 0 radical (unpaired) electrons. The summed E-state index contributed by atoms with van der Waals surface area (Å²) in [4.78, 5) is 11.2. The number of allylic oxidation sites excluding steroid dienone is 3. The largest absolute Gasteiger partial charge is 0.353 e. The van der Waals surface area contributed by atoms with Crippen LogP contribution in [0.4, 0.5) is 4.39 Å². The second-order valence-electron chi connectivity index (χ2n) is 7.73. The molecule has 0 saturated carbocycles. The summed E-state index contributed by atoms with van der Waals surface area (Å²) in [5.74, 6) is 0.395. The van der Waals surface area contributed by atoms with E-state index in [0.717, 1.165) is 32.1 Å². The van der Waals surface area contributed by atoms with Gasteiger partial charge < -0.3 is 5.32 Å². The van der Waals surface area contributed by atoms with Crippen LogP contribution in [-0.2, 0) is 4.79 Å². The highest BCUT2D eigenvalue weighted by Crippen LogP contribution is 2.39. The first-order valence-corrected chi connectivity index (χ1v) is 9.67. The highest BCUT2D eigenvalue weighted by molar-refractivity contribution is 5.73. The van der Waals surface area contributed by atoms with Crippen LogP contribution in [0.5, 0.6) is 0 Å². The highest BCUT2D eigenvalue weighted by atomic mass is 19.1. The molecule has 0 bridgehead atoms.